The maximum atomic E-state index is 11.1. The first-order valence-corrected chi connectivity index (χ1v) is 7.93. The summed E-state index contributed by atoms with van der Waals surface area (Å²) in [4.78, 5) is 6.13. The highest BCUT2D eigenvalue weighted by molar-refractivity contribution is 7.89. The first kappa shape index (κ1) is 14.1. The molecule has 1 aromatic rings. The van der Waals surface area contributed by atoms with Gasteiger partial charge in [0.25, 0.3) is 0 Å². The third-order valence-corrected chi connectivity index (χ3v) is 3.47. The minimum absolute atomic E-state index is 0.276. The van der Waals surface area contributed by atoms with Gasteiger partial charge in [-0.05, 0) is 11.6 Å². The van der Waals surface area contributed by atoms with Crippen LogP contribution in [0.1, 0.15) is 5.56 Å². The van der Waals surface area contributed by atoms with Gasteiger partial charge in [0.1, 0.15) is 0 Å². The summed E-state index contributed by atoms with van der Waals surface area (Å²) >= 11 is 6.08. The van der Waals surface area contributed by atoms with Crippen LogP contribution < -0.4 is 10.0 Å². The summed E-state index contributed by atoms with van der Waals surface area (Å²) in [5, 5.41) is 3.62. The number of rotatable bonds is 3. The Bertz CT molecular complexity index is 588. The Hall–Kier alpha value is -1.31. The molecule has 2 rings (SSSR count). The first-order chi connectivity index (χ1) is 8.94. The molecule has 1 aliphatic heterocycles. The van der Waals surface area contributed by atoms with Crippen LogP contribution in [0.2, 0.25) is 5.02 Å². The van der Waals surface area contributed by atoms with Crippen molar-refractivity contribution in [3.63, 3.8) is 0 Å². The van der Waals surface area contributed by atoms with Crippen LogP contribution in [0.3, 0.4) is 0 Å². The molecule has 0 spiro atoms. The van der Waals surface area contributed by atoms with Gasteiger partial charge in [-0.2, -0.15) is 0 Å². The molecule has 0 unspecified atom stereocenters. The van der Waals surface area contributed by atoms with Gasteiger partial charge in [-0.1, -0.05) is 29.8 Å². The highest BCUT2D eigenvalue weighted by atomic mass is 35.5. The summed E-state index contributed by atoms with van der Waals surface area (Å²) in [5.74, 6) is 0.276. The van der Waals surface area contributed by atoms with E-state index in [1.54, 1.807) is 0 Å². The van der Waals surface area contributed by atoms with E-state index in [1.807, 2.05) is 29.2 Å². The van der Waals surface area contributed by atoms with Crippen LogP contribution in [-0.4, -0.2) is 38.9 Å². The molecule has 0 aliphatic carbocycles. The van der Waals surface area contributed by atoms with Gasteiger partial charge >= 0.3 is 0 Å². The van der Waals surface area contributed by atoms with Crippen molar-refractivity contribution in [2.24, 2.45) is 4.99 Å². The van der Waals surface area contributed by atoms with Crippen LogP contribution in [0.5, 0.6) is 0 Å². The SMILES string of the molecule is CS(=O)(=O)NC1=NCN(Cc2ccccc2Cl)CN1. The van der Waals surface area contributed by atoms with Crippen LogP contribution in [0.25, 0.3) is 0 Å². The average molecular weight is 303 g/mol. The predicted molar refractivity (Wildman–Crippen MR) is 75.3 cm³/mol. The molecular formula is C11H15ClN4O2S. The van der Waals surface area contributed by atoms with E-state index in [2.05, 4.69) is 15.0 Å². The topological polar surface area (TPSA) is 73.8 Å². The summed E-state index contributed by atoms with van der Waals surface area (Å²) in [6, 6.07) is 7.61. The van der Waals surface area contributed by atoms with E-state index in [0.717, 1.165) is 11.8 Å². The zero-order chi connectivity index (χ0) is 13.9. The van der Waals surface area contributed by atoms with E-state index in [-0.39, 0.29) is 5.96 Å². The molecule has 8 heteroatoms. The summed E-state index contributed by atoms with van der Waals surface area (Å²) < 4.78 is 24.4. The number of hydrogen-bond acceptors (Lipinski definition) is 5. The van der Waals surface area contributed by atoms with Gasteiger partial charge in [-0.3, -0.25) is 9.62 Å². The standard InChI is InChI=1S/C11H15ClN4O2S/c1-19(17,18)15-11-13-7-16(8-14-11)6-9-4-2-3-5-10(9)12/h2-5H,6-8H2,1H3,(H2,13,14,15). The molecule has 104 valence electrons. The lowest BCUT2D eigenvalue weighted by Crippen LogP contribution is -2.49. The molecule has 19 heavy (non-hydrogen) atoms. The molecule has 1 heterocycles. The lowest BCUT2D eigenvalue weighted by molar-refractivity contribution is 0.255. The van der Waals surface area contributed by atoms with E-state index < -0.39 is 10.0 Å². The number of nitrogens with zero attached hydrogens (tertiary/aromatic N) is 2. The zero-order valence-corrected chi connectivity index (χ0v) is 12.0. The van der Waals surface area contributed by atoms with Gasteiger partial charge in [-0.15, -0.1) is 0 Å². The van der Waals surface area contributed by atoms with Crippen LogP contribution >= 0.6 is 11.6 Å². The molecule has 1 aliphatic rings. The summed E-state index contributed by atoms with van der Waals surface area (Å²) in [7, 11) is -3.29. The molecule has 0 radical (unpaired) electrons. The van der Waals surface area contributed by atoms with Crippen molar-refractivity contribution in [1.29, 1.82) is 0 Å². The molecular weight excluding hydrogens is 288 g/mol. The lowest BCUT2D eigenvalue weighted by atomic mass is 10.2. The van der Waals surface area contributed by atoms with Crippen molar-refractivity contribution in [2.45, 2.75) is 6.54 Å². The Morgan fingerprint density at radius 2 is 2.21 bits per heavy atom. The Kier molecular flexibility index (Phi) is 4.28. The highest BCUT2D eigenvalue weighted by Gasteiger charge is 2.15. The van der Waals surface area contributed by atoms with E-state index in [9.17, 15) is 8.42 Å². The number of aliphatic imine (C=N–C) groups is 1. The van der Waals surface area contributed by atoms with Gasteiger partial charge in [0.2, 0.25) is 16.0 Å². The van der Waals surface area contributed by atoms with Crippen molar-refractivity contribution in [3.05, 3.63) is 34.9 Å². The number of nitrogens with one attached hydrogen (secondary N) is 2. The Morgan fingerprint density at radius 1 is 1.47 bits per heavy atom. The quantitative estimate of drug-likeness (QED) is 0.856. The van der Waals surface area contributed by atoms with Crippen LogP contribution in [0, 0.1) is 0 Å². The minimum atomic E-state index is -3.29. The van der Waals surface area contributed by atoms with Crippen molar-refractivity contribution in [3.8, 4) is 0 Å². The van der Waals surface area contributed by atoms with Crippen LogP contribution in [-0.2, 0) is 16.6 Å². The Labute approximate surface area is 117 Å². The van der Waals surface area contributed by atoms with E-state index in [1.165, 1.54) is 0 Å². The molecule has 0 aromatic heterocycles. The van der Waals surface area contributed by atoms with Crippen LogP contribution in [0.4, 0.5) is 0 Å². The van der Waals surface area contributed by atoms with Crippen molar-refractivity contribution in [1.82, 2.24) is 14.9 Å². The van der Waals surface area contributed by atoms with E-state index >= 15 is 0 Å². The number of halogens is 1. The number of benzene rings is 1. The fourth-order valence-corrected chi connectivity index (χ4v) is 2.36. The highest BCUT2D eigenvalue weighted by Crippen LogP contribution is 2.17. The number of sulfonamides is 1. The fraction of sp³-hybridized carbons (Fsp3) is 0.364. The average Bonchev–Trinajstić information content (AvgIpc) is 2.33. The largest absolute Gasteiger partial charge is 0.343 e. The molecule has 0 saturated carbocycles. The zero-order valence-electron chi connectivity index (χ0n) is 10.4. The van der Waals surface area contributed by atoms with Gasteiger partial charge in [0.05, 0.1) is 19.6 Å². The molecule has 0 bridgehead atoms. The summed E-state index contributed by atoms with van der Waals surface area (Å²) in [6.07, 6.45) is 1.09. The van der Waals surface area contributed by atoms with Crippen molar-refractivity contribution >= 4 is 27.6 Å². The van der Waals surface area contributed by atoms with Gasteiger partial charge < -0.3 is 5.32 Å². The van der Waals surface area contributed by atoms with Crippen LogP contribution in [0.15, 0.2) is 29.3 Å². The minimum Gasteiger partial charge on any atom is -0.343 e. The summed E-state index contributed by atoms with van der Waals surface area (Å²) in [6.45, 7) is 1.57. The Morgan fingerprint density at radius 3 is 2.79 bits per heavy atom. The lowest BCUT2D eigenvalue weighted by Gasteiger charge is -2.26. The van der Waals surface area contributed by atoms with Gasteiger partial charge in [0.15, 0.2) is 0 Å². The second kappa shape index (κ2) is 5.77. The smallest absolute Gasteiger partial charge is 0.232 e. The molecule has 6 nitrogen and oxygen atoms in total. The van der Waals surface area contributed by atoms with Gasteiger partial charge in [0, 0.05) is 11.6 Å². The number of guanidine groups is 1. The molecule has 2 N–H and O–H groups in total. The van der Waals surface area contributed by atoms with E-state index in [4.69, 9.17) is 11.6 Å². The third-order valence-electron chi connectivity index (χ3n) is 2.53. The molecule has 1 aromatic carbocycles. The monoisotopic (exact) mass is 302 g/mol. The third kappa shape index (κ3) is 4.38. The predicted octanol–water partition coefficient (Wildman–Crippen LogP) is 0.565. The maximum absolute atomic E-state index is 11.1. The second-order valence-corrected chi connectivity index (χ2v) is 6.43. The number of hydrogen-bond donors (Lipinski definition) is 2. The van der Waals surface area contributed by atoms with Crippen molar-refractivity contribution in [2.75, 3.05) is 19.6 Å². The fourth-order valence-electron chi connectivity index (χ4n) is 1.68. The first-order valence-electron chi connectivity index (χ1n) is 5.66. The normalized spacial score (nSPS) is 16.6. The summed E-state index contributed by atoms with van der Waals surface area (Å²) in [5.41, 5.74) is 1.01. The molecule has 0 saturated heterocycles. The van der Waals surface area contributed by atoms with E-state index in [0.29, 0.717) is 24.9 Å². The second-order valence-electron chi connectivity index (χ2n) is 4.28. The molecule has 0 fully saturated rings. The maximum Gasteiger partial charge on any atom is 0.232 e. The van der Waals surface area contributed by atoms with Gasteiger partial charge in [-0.25, -0.2) is 13.4 Å². The Balaban J connectivity index is 1.95. The molecule has 0 atom stereocenters. The van der Waals surface area contributed by atoms with Crippen molar-refractivity contribution < 1.29 is 8.42 Å². The molecule has 0 amide bonds.